The molecule has 2 aromatic heterocycles. The number of nitrogens with zero attached hydrogens (tertiary/aromatic N) is 5. The van der Waals surface area contributed by atoms with Crippen LogP contribution in [0.2, 0.25) is 0 Å². The topological polar surface area (TPSA) is 110 Å². The third kappa shape index (κ3) is 5.09. The lowest BCUT2D eigenvalue weighted by atomic mass is 10.1. The molecule has 1 saturated heterocycles. The molecule has 2 N–H and O–H groups in total. The number of allylic oxidation sites excluding steroid dienone is 1. The maximum absolute atomic E-state index is 13.2. The highest BCUT2D eigenvalue weighted by Crippen LogP contribution is 2.35. The Morgan fingerprint density at radius 1 is 1.16 bits per heavy atom. The number of nitrogen functional groups attached to an aromatic ring is 1. The largest absolute Gasteiger partial charge is 0.457 e. The molecule has 2 aromatic carbocycles. The zero-order valence-electron chi connectivity index (χ0n) is 21.5. The maximum atomic E-state index is 13.2. The van der Waals surface area contributed by atoms with Gasteiger partial charge in [-0.15, -0.1) is 0 Å². The van der Waals surface area contributed by atoms with Crippen LogP contribution in [-0.4, -0.2) is 37.9 Å². The second kappa shape index (κ2) is 10.8. The summed E-state index contributed by atoms with van der Waals surface area (Å²) in [6.07, 6.45) is 6.97. The number of likely N-dealkylation sites (tertiary alicyclic amines) is 1. The van der Waals surface area contributed by atoms with Gasteiger partial charge in [0.1, 0.15) is 40.9 Å². The van der Waals surface area contributed by atoms with E-state index < -0.39 is 0 Å². The van der Waals surface area contributed by atoms with Gasteiger partial charge in [-0.3, -0.25) is 4.79 Å². The average Bonchev–Trinajstić information content (AvgIpc) is 3.54. The predicted octanol–water partition coefficient (Wildman–Crippen LogP) is 5.57. The van der Waals surface area contributed by atoms with Crippen LogP contribution in [0.3, 0.4) is 0 Å². The highest BCUT2D eigenvalue weighted by atomic mass is 16.5. The Balaban J connectivity index is 1.44. The zero-order chi connectivity index (χ0) is 26.6. The summed E-state index contributed by atoms with van der Waals surface area (Å²) in [6, 6.07) is 19.5. The maximum Gasteiger partial charge on any atom is 0.264 e. The molecule has 1 fully saturated rings. The predicted molar refractivity (Wildman–Crippen MR) is 147 cm³/mol. The van der Waals surface area contributed by atoms with Crippen LogP contribution in [0.25, 0.3) is 22.2 Å². The molecule has 5 rings (SSSR count). The van der Waals surface area contributed by atoms with Crippen molar-refractivity contribution in [2.24, 2.45) is 5.92 Å². The lowest BCUT2D eigenvalue weighted by molar-refractivity contribution is -0.127. The molecule has 3 heterocycles. The van der Waals surface area contributed by atoms with Crippen LogP contribution in [0.15, 0.2) is 78.8 Å². The Morgan fingerprint density at radius 3 is 2.61 bits per heavy atom. The Kier molecular flexibility index (Phi) is 7.09. The van der Waals surface area contributed by atoms with Crippen molar-refractivity contribution in [3.8, 4) is 28.7 Å². The minimum atomic E-state index is -0.205. The SMILES string of the molecule is CC(C)C=C(C#N)C(=O)N1CCC[C@@H]1Cn1cc(-c2ccc(Oc3ccccc3)cc2)c2c(N)ncnc21. The first-order valence-corrected chi connectivity index (χ1v) is 12.8. The molecule has 38 heavy (non-hydrogen) atoms. The molecule has 192 valence electrons. The van der Waals surface area contributed by atoms with E-state index in [1.807, 2.05) is 84.1 Å². The van der Waals surface area contributed by atoms with E-state index in [9.17, 15) is 10.1 Å². The van der Waals surface area contributed by atoms with Gasteiger partial charge in [-0.05, 0) is 48.6 Å². The minimum Gasteiger partial charge on any atom is -0.457 e. The van der Waals surface area contributed by atoms with Gasteiger partial charge in [0, 0.05) is 24.8 Å². The van der Waals surface area contributed by atoms with Crippen molar-refractivity contribution in [2.45, 2.75) is 39.3 Å². The van der Waals surface area contributed by atoms with Crippen LogP contribution in [0.1, 0.15) is 26.7 Å². The first kappa shape index (κ1) is 25.0. The fraction of sp³-hybridized carbons (Fsp3) is 0.267. The summed E-state index contributed by atoms with van der Waals surface area (Å²) in [5.41, 5.74) is 9.13. The molecule has 1 aliphatic heterocycles. The smallest absolute Gasteiger partial charge is 0.264 e. The molecule has 0 saturated carbocycles. The van der Waals surface area contributed by atoms with Gasteiger partial charge in [-0.1, -0.05) is 50.3 Å². The van der Waals surface area contributed by atoms with Gasteiger partial charge in [-0.2, -0.15) is 5.26 Å². The zero-order valence-corrected chi connectivity index (χ0v) is 21.5. The van der Waals surface area contributed by atoms with Crippen molar-refractivity contribution in [3.05, 3.63) is 78.8 Å². The fourth-order valence-electron chi connectivity index (χ4n) is 5.00. The van der Waals surface area contributed by atoms with Crippen LogP contribution in [0.5, 0.6) is 11.5 Å². The second-order valence-corrected chi connectivity index (χ2v) is 9.82. The molecule has 0 spiro atoms. The molecule has 1 atom stereocenters. The van der Waals surface area contributed by atoms with Crippen molar-refractivity contribution in [2.75, 3.05) is 12.3 Å². The van der Waals surface area contributed by atoms with E-state index in [4.69, 9.17) is 10.5 Å². The summed E-state index contributed by atoms with van der Waals surface area (Å²) in [4.78, 5) is 23.8. The number of carbonyl (C=O) groups excluding carboxylic acids is 1. The first-order chi connectivity index (χ1) is 18.4. The molecule has 0 unspecified atom stereocenters. The quantitative estimate of drug-likeness (QED) is 0.259. The van der Waals surface area contributed by atoms with E-state index >= 15 is 0 Å². The van der Waals surface area contributed by atoms with Gasteiger partial charge >= 0.3 is 0 Å². The molecule has 0 radical (unpaired) electrons. The summed E-state index contributed by atoms with van der Waals surface area (Å²) in [7, 11) is 0. The lowest BCUT2D eigenvalue weighted by Gasteiger charge is -2.25. The molecule has 1 amide bonds. The van der Waals surface area contributed by atoms with Gasteiger partial charge in [0.05, 0.1) is 11.4 Å². The number of hydrogen-bond donors (Lipinski definition) is 1. The Labute approximate surface area is 222 Å². The number of aromatic nitrogens is 3. The van der Waals surface area contributed by atoms with Gasteiger partial charge < -0.3 is 19.9 Å². The number of anilines is 1. The van der Waals surface area contributed by atoms with E-state index in [-0.39, 0.29) is 23.4 Å². The van der Waals surface area contributed by atoms with Crippen LogP contribution >= 0.6 is 0 Å². The molecule has 1 aliphatic rings. The Hall–Kier alpha value is -4.64. The molecule has 0 bridgehead atoms. The van der Waals surface area contributed by atoms with Crippen molar-refractivity contribution in [3.63, 3.8) is 0 Å². The summed E-state index contributed by atoms with van der Waals surface area (Å²) in [5.74, 6) is 1.82. The van der Waals surface area contributed by atoms with E-state index in [0.717, 1.165) is 46.5 Å². The third-order valence-electron chi connectivity index (χ3n) is 6.72. The van der Waals surface area contributed by atoms with Gasteiger partial charge in [0.15, 0.2) is 0 Å². The molecule has 4 aromatic rings. The summed E-state index contributed by atoms with van der Waals surface area (Å²) >= 11 is 0. The van der Waals surface area contributed by atoms with Gasteiger partial charge in [0.2, 0.25) is 0 Å². The van der Waals surface area contributed by atoms with Crippen molar-refractivity contribution in [1.82, 2.24) is 19.4 Å². The molecule has 8 heteroatoms. The van der Waals surface area contributed by atoms with E-state index in [0.29, 0.717) is 18.9 Å². The number of ether oxygens (including phenoxy) is 1. The highest BCUT2D eigenvalue weighted by Gasteiger charge is 2.31. The third-order valence-corrected chi connectivity index (χ3v) is 6.72. The second-order valence-electron chi connectivity index (χ2n) is 9.82. The molecular formula is C30H30N6O2. The number of rotatable bonds is 7. The van der Waals surface area contributed by atoms with Crippen LogP contribution in [0, 0.1) is 17.2 Å². The van der Waals surface area contributed by atoms with E-state index in [1.54, 1.807) is 6.08 Å². The minimum absolute atomic E-state index is 0.0484. The van der Waals surface area contributed by atoms with Crippen LogP contribution in [0.4, 0.5) is 5.82 Å². The van der Waals surface area contributed by atoms with Crippen LogP contribution < -0.4 is 10.5 Å². The van der Waals surface area contributed by atoms with Crippen molar-refractivity contribution < 1.29 is 9.53 Å². The first-order valence-electron chi connectivity index (χ1n) is 12.8. The monoisotopic (exact) mass is 506 g/mol. The number of para-hydroxylation sites is 1. The van der Waals surface area contributed by atoms with E-state index in [2.05, 4.69) is 16.0 Å². The van der Waals surface area contributed by atoms with Crippen molar-refractivity contribution in [1.29, 1.82) is 5.26 Å². The molecular weight excluding hydrogens is 476 g/mol. The number of fused-ring (bicyclic) bond motifs is 1. The number of carbonyl (C=O) groups is 1. The number of amides is 1. The standard InChI is InChI=1S/C30H30N6O2/c1-20(2)15-22(16-31)30(37)36-14-6-7-23(36)17-35-18-26(27-28(32)33-19-34-29(27)35)21-10-12-25(13-11-21)38-24-8-4-3-5-9-24/h3-5,8-13,15,18-20,23H,6-7,14,17H2,1-2H3,(H2,32,33,34)/t23-/m1/s1. The number of nitriles is 1. The summed E-state index contributed by atoms with van der Waals surface area (Å²) in [6.45, 7) is 5.11. The van der Waals surface area contributed by atoms with Gasteiger partial charge in [-0.25, -0.2) is 9.97 Å². The number of benzene rings is 2. The molecule has 0 aliphatic carbocycles. The van der Waals surface area contributed by atoms with Crippen LogP contribution in [-0.2, 0) is 11.3 Å². The summed E-state index contributed by atoms with van der Waals surface area (Å²) in [5, 5.41) is 10.3. The number of nitrogens with two attached hydrogens (primary N) is 1. The van der Waals surface area contributed by atoms with Gasteiger partial charge in [0.25, 0.3) is 5.91 Å². The fourth-order valence-corrected chi connectivity index (χ4v) is 5.00. The Bertz CT molecular complexity index is 1520. The number of hydrogen-bond acceptors (Lipinski definition) is 6. The summed E-state index contributed by atoms with van der Waals surface area (Å²) < 4.78 is 7.99. The molecule has 8 nitrogen and oxygen atoms in total. The normalized spacial score (nSPS) is 15.7. The van der Waals surface area contributed by atoms with Crippen molar-refractivity contribution >= 4 is 22.8 Å². The highest BCUT2D eigenvalue weighted by molar-refractivity contribution is 6.01. The lowest BCUT2D eigenvalue weighted by Crippen LogP contribution is -2.38. The van der Waals surface area contributed by atoms with E-state index in [1.165, 1.54) is 6.33 Å². The Morgan fingerprint density at radius 2 is 1.89 bits per heavy atom. The average molecular weight is 507 g/mol.